The van der Waals surface area contributed by atoms with Gasteiger partial charge in [-0.15, -0.1) is 0 Å². The standard InChI is InChI=1S/C22H25NO7/c1-14-10-17(12-19(20(14)27-3)30-15(2)24)11-18(21(25)28-4)23-22(26)29-13-16-8-6-5-7-9-16/h5-10,12,18H,11,13H2,1-4H3,(H,23,26)/t18-/m0/s1. The molecule has 0 spiro atoms. The molecule has 0 saturated heterocycles. The molecule has 0 radical (unpaired) electrons. The number of hydrogen-bond acceptors (Lipinski definition) is 7. The van der Waals surface area contributed by atoms with Gasteiger partial charge in [-0.05, 0) is 29.7 Å². The van der Waals surface area contributed by atoms with Gasteiger partial charge in [-0.25, -0.2) is 9.59 Å². The second kappa shape index (κ2) is 10.8. The highest BCUT2D eigenvalue weighted by Crippen LogP contribution is 2.33. The molecule has 0 unspecified atom stereocenters. The minimum atomic E-state index is -0.990. The summed E-state index contributed by atoms with van der Waals surface area (Å²) in [6.45, 7) is 3.13. The van der Waals surface area contributed by atoms with Crippen molar-refractivity contribution in [1.82, 2.24) is 5.32 Å². The van der Waals surface area contributed by atoms with Gasteiger partial charge in [0.15, 0.2) is 11.5 Å². The highest BCUT2D eigenvalue weighted by atomic mass is 16.6. The van der Waals surface area contributed by atoms with Crippen molar-refractivity contribution < 1.29 is 33.3 Å². The second-order valence-corrected chi connectivity index (χ2v) is 6.52. The first-order valence-corrected chi connectivity index (χ1v) is 9.25. The summed E-state index contributed by atoms with van der Waals surface area (Å²) in [5.41, 5.74) is 2.17. The van der Waals surface area contributed by atoms with Crippen molar-refractivity contribution in [1.29, 1.82) is 0 Å². The fraction of sp³-hybridized carbons (Fsp3) is 0.318. The van der Waals surface area contributed by atoms with Crippen LogP contribution in [0, 0.1) is 6.92 Å². The van der Waals surface area contributed by atoms with E-state index in [9.17, 15) is 14.4 Å². The molecule has 0 fully saturated rings. The van der Waals surface area contributed by atoms with Crippen molar-refractivity contribution in [3.63, 3.8) is 0 Å². The van der Waals surface area contributed by atoms with Crippen LogP contribution in [0.15, 0.2) is 42.5 Å². The molecule has 2 aromatic rings. The lowest BCUT2D eigenvalue weighted by Gasteiger charge is -2.18. The second-order valence-electron chi connectivity index (χ2n) is 6.52. The number of rotatable bonds is 8. The van der Waals surface area contributed by atoms with E-state index in [4.69, 9.17) is 18.9 Å². The predicted molar refractivity (Wildman–Crippen MR) is 108 cm³/mol. The molecule has 0 bridgehead atoms. The first kappa shape index (κ1) is 22.7. The largest absolute Gasteiger partial charge is 0.493 e. The predicted octanol–water partition coefficient (Wildman–Crippen LogP) is 2.94. The van der Waals surface area contributed by atoms with E-state index in [0.29, 0.717) is 16.9 Å². The summed E-state index contributed by atoms with van der Waals surface area (Å²) in [6.07, 6.45) is -0.647. The highest BCUT2D eigenvalue weighted by molar-refractivity contribution is 5.81. The fourth-order valence-electron chi connectivity index (χ4n) is 2.90. The SMILES string of the molecule is COC(=O)[C@H](Cc1cc(C)c(OC)c(OC(C)=O)c1)NC(=O)OCc1ccccc1. The molecular weight excluding hydrogens is 390 g/mol. The quantitative estimate of drug-likeness (QED) is 0.523. The Morgan fingerprint density at radius 3 is 2.33 bits per heavy atom. The molecule has 0 aliphatic heterocycles. The molecule has 0 saturated carbocycles. The van der Waals surface area contributed by atoms with E-state index >= 15 is 0 Å². The van der Waals surface area contributed by atoms with Gasteiger partial charge in [0.25, 0.3) is 0 Å². The molecular formula is C22H25NO7. The normalized spacial score (nSPS) is 11.2. The first-order valence-electron chi connectivity index (χ1n) is 9.25. The summed E-state index contributed by atoms with van der Waals surface area (Å²) in [7, 11) is 2.70. The Morgan fingerprint density at radius 1 is 1.03 bits per heavy atom. The number of aryl methyl sites for hydroxylation is 1. The van der Waals surface area contributed by atoms with Crippen LogP contribution in [0.25, 0.3) is 0 Å². The Hall–Kier alpha value is -3.55. The number of alkyl carbamates (subject to hydrolysis) is 1. The maximum atomic E-state index is 12.2. The van der Waals surface area contributed by atoms with Crippen LogP contribution in [0.4, 0.5) is 4.79 Å². The highest BCUT2D eigenvalue weighted by Gasteiger charge is 2.24. The van der Waals surface area contributed by atoms with Crippen molar-refractivity contribution in [2.24, 2.45) is 0 Å². The van der Waals surface area contributed by atoms with E-state index in [1.807, 2.05) is 30.3 Å². The van der Waals surface area contributed by atoms with Crippen LogP contribution in [-0.2, 0) is 32.1 Å². The third-order valence-electron chi connectivity index (χ3n) is 4.19. The van der Waals surface area contributed by atoms with Gasteiger partial charge in [0.05, 0.1) is 14.2 Å². The summed E-state index contributed by atoms with van der Waals surface area (Å²) in [4.78, 5) is 35.8. The fourth-order valence-corrected chi connectivity index (χ4v) is 2.90. The van der Waals surface area contributed by atoms with E-state index < -0.39 is 24.1 Å². The molecule has 30 heavy (non-hydrogen) atoms. The monoisotopic (exact) mass is 415 g/mol. The van der Waals surface area contributed by atoms with Crippen molar-refractivity contribution in [2.75, 3.05) is 14.2 Å². The first-order chi connectivity index (χ1) is 14.3. The minimum Gasteiger partial charge on any atom is -0.493 e. The number of amides is 1. The lowest BCUT2D eigenvalue weighted by atomic mass is 10.0. The van der Waals surface area contributed by atoms with E-state index in [1.54, 1.807) is 19.1 Å². The summed E-state index contributed by atoms with van der Waals surface area (Å²) >= 11 is 0. The van der Waals surface area contributed by atoms with Crippen LogP contribution in [0.1, 0.15) is 23.6 Å². The number of carbonyl (C=O) groups excluding carboxylic acids is 3. The lowest BCUT2D eigenvalue weighted by molar-refractivity contribution is -0.143. The number of hydrogen-bond donors (Lipinski definition) is 1. The topological polar surface area (TPSA) is 100 Å². The number of esters is 2. The average Bonchev–Trinajstić information content (AvgIpc) is 2.71. The van der Waals surface area contributed by atoms with Crippen LogP contribution in [-0.4, -0.2) is 38.3 Å². The van der Waals surface area contributed by atoms with Crippen molar-refractivity contribution in [2.45, 2.75) is 32.9 Å². The number of methoxy groups -OCH3 is 2. The summed E-state index contributed by atoms with van der Waals surface area (Å²) in [6, 6.07) is 11.5. The van der Waals surface area contributed by atoms with E-state index in [2.05, 4.69) is 5.32 Å². The van der Waals surface area contributed by atoms with Crippen molar-refractivity contribution >= 4 is 18.0 Å². The molecule has 2 rings (SSSR count). The average molecular weight is 415 g/mol. The number of carbonyl (C=O) groups is 3. The number of benzene rings is 2. The van der Waals surface area contributed by atoms with Gasteiger partial charge in [0.2, 0.25) is 0 Å². The third-order valence-corrected chi connectivity index (χ3v) is 4.19. The van der Waals surface area contributed by atoms with Crippen molar-refractivity contribution in [3.05, 3.63) is 59.2 Å². The molecule has 160 valence electrons. The minimum absolute atomic E-state index is 0.0683. The van der Waals surface area contributed by atoms with Crippen LogP contribution < -0.4 is 14.8 Å². The Morgan fingerprint density at radius 2 is 1.73 bits per heavy atom. The zero-order valence-electron chi connectivity index (χ0n) is 17.4. The molecule has 1 N–H and O–H groups in total. The van der Waals surface area contributed by atoms with Gasteiger partial charge in [0.1, 0.15) is 12.6 Å². The van der Waals surface area contributed by atoms with Gasteiger partial charge in [0, 0.05) is 13.3 Å². The van der Waals surface area contributed by atoms with E-state index in [0.717, 1.165) is 5.56 Å². The molecule has 0 aliphatic rings. The lowest BCUT2D eigenvalue weighted by Crippen LogP contribution is -2.43. The molecule has 1 atom stereocenters. The molecule has 1 amide bonds. The molecule has 8 heteroatoms. The number of nitrogens with one attached hydrogen (secondary N) is 1. The van der Waals surface area contributed by atoms with E-state index in [1.165, 1.54) is 21.1 Å². The number of ether oxygens (including phenoxy) is 4. The van der Waals surface area contributed by atoms with Crippen LogP contribution in [0.5, 0.6) is 11.5 Å². The summed E-state index contributed by atoms with van der Waals surface area (Å²) in [5, 5.41) is 2.52. The Kier molecular flexibility index (Phi) is 8.22. The zero-order valence-corrected chi connectivity index (χ0v) is 17.4. The van der Waals surface area contributed by atoms with Gasteiger partial charge in [-0.2, -0.15) is 0 Å². The molecule has 8 nitrogen and oxygen atoms in total. The Balaban J connectivity index is 2.13. The zero-order chi connectivity index (χ0) is 22.1. The maximum absolute atomic E-state index is 12.2. The van der Waals surface area contributed by atoms with Crippen LogP contribution in [0.3, 0.4) is 0 Å². The summed E-state index contributed by atoms with van der Waals surface area (Å²) in [5.74, 6) is -0.486. The van der Waals surface area contributed by atoms with Crippen LogP contribution >= 0.6 is 0 Å². The van der Waals surface area contributed by atoms with E-state index in [-0.39, 0.29) is 18.8 Å². The molecule has 0 heterocycles. The Labute approximate surface area is 175 Å². The van der Waals surface area contributed by atoms with Gasteiger partial charge in [-0.1, -0.05) is 36.4 Å². The third kappa shape index (κ3) is 6.51. The van der Waals surface area contributed by atoms with Gasteiger partial charge in [-0.3, -0.25) is 4.79 Å². The Bertz CT molecular complexity index is 896. The molecule has 2 aromatic carbocycles. The van der Waals surface area contributed by atoms with Crippen molar-refractivity contribution in [3.8, 4) is 11.5 Å². The van der Waals surface area contributed by atoms with Gasteiger partial charge < -0.3 is 24.3 Å². The maximum Gasteiger partial charge on any atom is 0.408 e. The van der Waals surface area contributed by atoms with Gasteiger partial charge >= 0.3 is 18.0 Å². The molecule has 0 aliphatic carbocycles. The summed E-state index contributed by atoms with van der Waals surface area (Å²) < 4.78 is 20.5. The smallest absolute Gasteiger partial charge is 0.408 e. The molecule has 0 aromatic heterocycles. The van der Waals surface area contributed by atoms with Crippen LogP contribution in [0.2, 0.25) is 0 Å².